The Bertz CT molecular complexity index is 681. The first kappa shape index (κ1) is 12.3. The summed E-state index contributed by atoms with van der Waals surface area (Å²) in [7, 11) is 0. The molecule has 19 heavy (non-hydrogen) atoms. The summed E-state index contributed by atoms with van der Waals surface area (Å²) in [4.78, 5) is 18.7. The first-order valence-electron chi connectivity index (χ1n) is 6.22. The minimum Gasteiger partial charge on any atom is -0.328 e. The van der Waals surface area contributed by atoms with Crippen molar-refractivity contribution < 1.29 is 8.78 Å². The zero-order valence-corrected chi connectivity index (χ0v) is 10.7. The molecule has 102 valence electrons. The highest BCUT2D eigenvalue weighted by molar-refractivity contribution is 5.73. The van der Waals surface area contributed by atoms with Gasteiger partial charge in [-0.1, -0.05) is 0 Å². The van der Waals surface area contributed by atoms with E-state index in [0.29, 0.717) is 16.9 Å². The lowest BCUT2D eigenvalue weighted by Crippen LogP contribution is -2.35. The lowest BCUT2D eigenvalue weighted by atomic mass is 9.81. The van der Waals surface area contributed by atoms with Gasteiger partial charge in [-0.15, -0.1) is 0 Å². The van der Waals surface area contributed by atoms with E-state index in [1.54, 1.807) is 4.68 Å². The van der Waals surface area contributed by atoms with Gasteiger partial charge in [0.25, 0.3) is 5.56 Å². The molecule has 0 unspecified atom stereocenters. The summed E-state index contributed by atoms with van der Waals surface area (Å²) in [6, 6.07) is 0.0752. The first-order chi connectivity index (χ1) is 8.87. The Morgan fingerprint density at radius 2 is 2.16 bits per heavy atom. The summed E-state index contributed by atoms with van der Waals surface area (Å²) in [5.74, 6) is -2.66. The van der Waals surface area contributed by atoms with E-state index < -0.39 is 11.5 Å². The van der Waals surface area contributed by atoms with Crippen LogP contribution in [0, 0.1) is 0 Å². The zero-order valence-electron chi connectivity index (χ0n) is 10.7. The topological polar surface area (TPSA) is 63.6 Å². The predicted octanol–water partition coefficient (Wildman–Crippen LogP) is 2.21. The maximum atomic E-state index is 12.9. The molecule has 7 heteroatoms. The minimum atomic E-state index is -2.63. The SMILES string of the molecule is CC(C)n1ncc2c(=O)nc(C3CC(F)(F)C3)[nH]c21. The molecule has 0 amide bonds. The molecular weight excluding hydrogens is 254 g/mol. The standard InChI is InChI=1S/C12H14F2N4O/c1-6(2)18-10-8(5-15-18)11(19)17-9(16-10)7-3-12(13,14)4-7/h5-7H,3-4H2,1-2H3,(H,16,17,19). The second kappa shape index (κ2) is 3.85. The molecule has 1 aliphatic rings. The third-order valence-electron chi connectivity index (χ3n) is 3.46. The van der Waals surface area contributed by atoms with Crippen LogP contribution in [-0.4, -0.2) is 25.7 Å². The summed E-state index contributed by atoms with van der Waals surface area (Å²) in [5.41, 5.74) is 0.145. The molecular formula is C12H14F2N4O. The predicted molar refractivity (Wildman–Crippen MR) is 65.5 cm³/mol. The first-order valence-corrected chi connectivity index (χ1v) is 6.22. The van der Waals surface area contributed by atoms with Crippen LogP contribution in [0.15, 0.2) is 11.0 Å². The van der Waals surface area contributed by atoms with E-state index >= 15 is 0 Å². The van der Waals surface area contributed by atoms with E-state index in [2.05, 4.69) is 15.1 Å². The number of rotatable bonds is 2. The van der Waals surface area contributed by atoms with Crippen LogP contribution in [-0.2, 0) is 0 Å². The molecule has 0 bridgehead atoms. The third-order valence-corrected chi connectivity index (χ3v) is 3.46. The molecule has 2 aromatic rings. The van der Waals surface area contributed by atoms with E-state index in [4.69, 9.17) is 0 Å². The Hall–Kier alpha value is -1.79. The number of hydrogen-bond acceptors (Lipinski definition) is 3. The van der Waals surface area contributed by atoms with Crippen molar-refractivity contribution in [3.05, 3.63) is 22.4 Å². The molecule has 0 radical (unpaired) electrons. The molecule has 2 aromatic heterocycles. The van der Waals surface area contributed by atoms with Gasteiger partial charge >= 0.3 is 0 Å². The number of nitrogens with one attached hydrogen (secondary N) is 1. The molecule has 1 saturated carbocycles. The summed E-state index contributed by atoms with van der Waals surface area (Å²) in [5, 5.41) is 4.52. The monoisotopic (exact) mass is 268 g/mol. The van der Waals surface area contributed by atoms with Crippen molar-refractivity contribution in [2.75, 3.05) is 0 Å². The molecule has 1 fully saturated rings. The number of halogens is 2. The maximum absolute atomic E-state index is 12.9. The van der Waals surface area contributed by atoms with Gasteiger partial charge in [0.1, 0.15) is 16.9 Å². The molecule has 1 aliphatic carbocycles. The van der Waals surface area contributed by atoms with Gasteiger partial charge in [0.05, 0.1) is 6.20 Å². The van der Waals surface area contributed by atoms with E-state index in [0.717, 1.165) is 0 Å². The summed E-state index contributed by atoms with van der Waals surface area (Å²) < 4.78 is 27.5. The number of aromatic nitrogens is 4. The van der Waals surface area contributed by atoms with E-state index in [9.17, 15) is 13.6 Å². The van der Waals surface area contributed by atoms with Gasteiger partial charge < -0.3 is 4.98 Å². The van der Waals surface area contributed by atoms with E-state index in [1.165, 1.54) is 6.20 Å². The average Bonchev–Trinajstić information content (AvgIpc) is 2.69. The van der Waals surface area contributed by atoms with Crippen LogP contribution in [0.5, 0.6) is 0 Å². The number of hydrogen-bond donors (Lipinski definition) is 1. The normalized spacial score (nSPS) is 19.0. The van der Waals surface area contributed by atoms with Crippen LogP contribution in [0.25, 0.3) is 11.0 Å². The number of alkyl halides is 2. The molecule has 0 spiro atoms. The van der Waals surface area contributed by atoms with Crippen LogP contribution in [0.1, 0.15) is 44.5 Å². The summed E-state index contributed by atoms with van der Waals surface area (Å²) in [6.07, 6.45) is 0.953. The molecule has 0 aromatic carbocycles. The highest BCUT2D eigenvalue weighted by atomic mass is 19.3. The van der Waals surface area contributed by atoms with E-state index in [-0.39, 0.29) is 24.8 Å². The van der Waals surface area contributed by atoms with Crippen molar-refractivity contribution in [3.8, 4) is 0 Å². The Labute approximate surface area is 107 Å². The highest BCUT2D eigenvalue weighted by Crippen LogP contribution is 2.47. The number of fused-ring (bicyclic) bond motifs is 1. The Balaban J connectivity index is 2.08. The van der Waals surface area contributed by atoms with Crippen LogP contribution < -0.4 is 5.56 Å². The number of nitrogens with zero attached hydrogens (tertiary/aromatic N) is 3. The van der Waals surface area contributed by atoms with Crippen molar-refractivity contribution in [1.29, 1.82) is 0 Å². The van der Waals surface area contributed by atoms with Gasteiger partial charge in [0.15, 0.2) is 0 Å². The minimum absolute atomic E-state index is 0.0752. The van der Waals surface area contributed by atoms with Crippen LogP contribution in [0.3, 0.4) is 0 Å². The Morgan fingerprint density at radius 3 is 2.74 bits per heavy atom. The van der Waals surface area contributed by atoms with Gasteiger partial charge in [0.2, 0.25) is 5.92 Å². The Kier molecular flexibility index (Phi) is 2.48. The molecule has 0 aliphatic heterocycles. The van der Waals surface area contributed by atoms with E-state index in [1.807, 2.05) is 13.8 Å². The lowest BCUT2D eigenvalue weighted by Gasteiger charge is -2.33. The number of aromatic amines is 1. The van der Waals surface area contributed by atoms with Crippen molar-refractivity contribution in [1.82, 2.24) is 19.7 Å². The fourth-order valence-corrected chi connectivity index (χ4v) is 2.40. The van der Waals surface area contributed by atoms with Crippen LogP contribution in [0.4, 0.5) is 8.78 Å². The van der Waals surface area contributed by atoms with Crippen LogP contribution >= 0.6 is 0 Å². The van der Waals surface area contributed by atoms with Crippen LogP contribution in [0.2, 0.25) is 0 Å². The second-order valence-corrected chi connectivity index (χ2v) is 5.33. The third kappa shape index (κ3) is 1.93. The summed E-state index contributed by atoms with van der Waals surface area (Å²) in [6.45, 7) is 3.87. The maximum Gasteiger partial charge on any atom is 0.284 e. The number of H-pyrrole nitrogens is 1. The van der Waals surface area contributed by atoms with Crippen molar-refractivity contribution in [3.63, 3.8) is 0 Å². The molecule has 0 atom stereocenters. The van der Waals surface area contributed by atoms with Gasteiger partial charge in [-0.2, -0.15) is 10.1 Å². The second-order valence-electron chi connectivity index (χ2n) is 5.33. The molecule has 2 heterocycles. The average molecular weight is 268 g/mol. The fourth-order valence-electron chi connectivity index (χ4n) is 2.40. The molecule has 0 saturated heterocycles. The van der Waals surface area contributed by atoms with Gasteiger partial charge in [0, 0.05) is 24.8 Å². The largest absolute Gasteiger partial charge is 0.328 e. The zero-order chi connectivity index (χ0) is 13.8. The molecule has 5 nitrogen and oxygen atoms in total. The fraction of sp³-hybridized carbons (Fsp3) is 0.583. The van der Waals surface area contributed by atoms with Crippen molar-refractivity contribution >= 4 is 11.0 Å². The summed E-state index contributed by atoms with van der Waals surface area (Å²) >= 11 is 0. The molecule has 1 N–H and O–H groups in total. The van der Waals surface area contributed by atoms with Gasteiger partial charge in [-0.3, -0.25) is 4.79 Å². The van der Waals surface area contributed by atoms with Crippen molar-refractivity contribution in [2.24, 2.45) is 0 Å². The smallest absolute Gasteiger partial charge is 0.284 e. The highest BCUT2D eigenvalue weighted by Gasteiger charge is 2.47. The lowest BCUT2D eigenvalue weighted by molar-refractivity contribution is -0.0885. The quantitative estimate of drug-likeness (QED) is 0.908. The van der Waals surface area contributed by atoms with Crippen molar-refractivity contribution in [2.45, 2.75) is 44.6 Å². The van der Waals surface area contributed by atoms with Gasteiger partial charge in [-0.05, 0) is 13.8 Å². The van der Waals surface area contributed by atoms with Gasteiger partial charge in [-0.25, -0.2) is 13.5 Å². The Morgan fingerprint density at radius 1 is 1.47 bits per heavy atom. The molecule has 3 rings (SSSR count).